The van der Waals surface area contributed by atoms with Crippen LogP contribution in [0.25, 0.3) is 0 Å². The smallest absolute Gasteiger partial charge is 0.337 e. The molecule has 0 unspecified atom stereocenters. The summed E-state index contributed by atoms with van der Waals surface area (Å²) in [6.07, 6.45) is 2.80. The van der Waals surface area contributed by atoms with E-state index < -0.39 is 16.0 Å². The SMILES string of the molecule is CN(CC(=O)NC1CC1)S(=O)(=O)c1ccc(C(=O)O)cn1. The third-order valence-electron chi connectivity index (χ3n) is 2.97. The van der Waals surface area contributed by atoms with Gasteiger partial charge in [0.15, 0.2) is 5.03 Å². The Balaban J connectivity index is 2.08. The molecular formula is C12H15N3O5S. The van der Waals surface area contributed by atoms with Gasteiger partial charge < -0.3 is 10.4 Å². The lowest BCUT2D eigenvalue weighted by molar-refractivity contribution is -0.121. The van der Waals surface area contributed by atoms with E-state index in [0.29, 0.717) is 0 Å². The fourth-order valence-corrected chi connectivity index (χ4v) is 2.64. The predicted octanol–water partition coefficient (Wildman–Crippen LogP) is -0.321. The second-order valence-corrected chi connectivity index (χ2v) is 6.78. The number of sulfonamides is 1. The fourth-order valence-electron chi connectivity index (χ4n) is 1.61. The first-order valence-electron chi connectivity index (χ1n) is 6.26. The number of pyridine rings is 1. The minimum atomic E-state index is -3.92. The predicted molar refractivity (Wildman–Crippen MR) is 72.2 cm³/mol. The maximum absolute atomic E-state index is 12.2. The minimum Gasteiger partial charge on any atom is -0.478 e. The van der Waals surface area contributed by atoms with Gasteiger partial charge in [-0.05, 0) is 25.0 Å². The number of carbonyl (C=O) groups is 2. The highest BCUT2D eigenvalue weighted by atomic mass is 32.2. The topological polar surface area (TPSA) is 117 Å². The van der Waals surface area contributed by atoms with Gasteiger partial charge in [-0.3, -0.25) is 4.79 Å². The average molecular weight is 313 g/mol. The molecule has 8 nitrogen and oxygen atoms in total. The second kappa shape index (κ2) is 5.78. The van der Waals surface area contributed by atoms with Crippen molar-refractivity contribution in [3.8, 4) is 0 Å². The molecule has 0 saturated heterocycles. The number of amides is 1. The molecule has 21 heavy (non-hydrogen) atoms. The van der Waals surface area contributed by atoms with Gasteiger partial charge in [-0.1, -0.05) is 0 Å². The van der Waals surface area contributed by atoms with Gasteiger partial charge in [-0.2, -0.15) is 4.31 Å². The van der Waals surface area contributed by atoms with Gasteiger partial charge in [0.05, 0.1) is 12.1 Å². The third kappa shape index (κ3) is 3.76. The molecule has 0 aliphatic heterocycles. The van der Waals surface area contributed by atoms with Crippen LogP contribution in [0.5, 0.6) is 0 Å². The van der Waals surface area contributed by atoms with Gasteiger partial charge in [-0.25, -0.2) is 18.2 Å². The number of carbonyl (C=O) groups excluding carboxylic acids is 1. The first-order valence-corrected chi connectivity index (χ1v) is 7.70. The number of hydrogen-bond donors (Lipinski definition) is 2. The zero-order valence-electron chi connectivity index (χ0n) is 11.3. The van der Waals surface area contributed by atoms with Crippen LogP contribution in [0.2, 0.25) is 0 Å². The molecular weight excluding hydrogens is 298 g/mol. The maximum atomic E-state index is 12.2. The molecule has 114 valence electrons. The summed E-state index contributed by atoms with van der Waals surface area (Å²) in [7, 11) is -2.65. The van der Waals surface area contributed by atoms with Crippen molar-refractivity contribution in [2.45, 2.75) is 23.9 Å². The van der Waals surface area contributed by atoms with Crippen molar-refractivity contribution >= 4 is 21.9 Å². The van der Waals surface area contributed by atoms with Crippen LogP contribution in [0, 0.1) is 0 Å². The molecule has 1 aromatic rings. The standard InChI is InChI=1S/C12H15N3O5S/c1-15(7-10(16)14-9-3-4-9)21(19,20)11-5-2-8(6-13-11)12(17)18/h2,5-6,9H,3-4,7H2,1H3,(H,14,16)(H,17,18). The van der Waals surface area contributed by atoms with Crippen LogP contribution in [-0.2, 0) is 14.8 Å². The molecule has 1 aliphatic rings. The highest BCUT2D eigenvalue weighted by Crippen LogP contribution is 2.18. The van der Waals surface area contributed by atoms with Crippen molar-refractivity contribution in [3.05, 3.63) is 23.9 Å². The number of hydrogen-bond acceptors (Lipinski definition) is 5. The molecule has 1 fully saturated rings. The van der Waals surface area contributed by atoms with Crippen LogP contribution < -0.4 is 5.32 Å². The first-order chi connectivity index (χ1) is 9.80. The van der Waals surface area contributed by atoms with Gasteiger partial charge in [-0.15, -0.1) is 0 Å². The number of carboxylic acid groups (broad SMARTS) is 1. The Bertz CT molecular complexity index is 652. The second-order valence-electron chi connectivity index (χ2n) is 4.79. The van der Waals surface area contributed by atoms with Crippen LogP contribution in [0.4, 0.5) is 0 Å². The number of aromatic nitrogens is 1. The summed E-state index contributed by atoms with van der Waals surface area (Å²) in [4.78, 5) is 25.9. The molecule has 2 rings (SSSR count). The number of carboxylic acids is 1. The van der Waals surface area contributed by atoms with E-state index in [1.807, 2.05) is 0 Å². The summed E-state index contributed by atoms with van der Waals surface area (Å²) in [6, 6.07) is 2.41. The Labute approximate surface area is 121 Å². The number of nitrogens with one attached hydrogen (secondary N) is 1. The summed E-state index contributed by atoms with van der Waals surface area (Å²) >= 11 is 0. The van der Waals surface area contributed by atoms with Crippen molar-refractivity contribution in [1.82, 2.24) is 14.6 Å². The van der Waals surface area contributed by atoms with E-state index in [1.54, 1.807) is 0 Å². The van der Waals surface area contributed by atoms with E-state index in [0.717, 1.165) is 35.5 Å². The summed E-state index contributed by atoms with van der Waals surface area (Å²) in [6.45, 7) is -0.304. The zero-order chi connectivity index (χ0) is 15.6. The van der Waals surface area contributed by atoms with Gasteiger partial charge in [0.1, 0.15) is 0 Å². The summed E-state index contributed by atoms with van der Waals surface area (Å²) in [5.74, 6) is -1.56. The largest absolute Gasteiger partial charge is 0.478 e. The maximum Gasteiger partial charge on any atom is 0.337 e. The monoisotopic (exact) mass is 313 g/mol. The van der Waals surface area contributed by atoms with Crippen molar-refractivity contribution < 1.29 is 23.1 Å². The van der Waals surface area contributed by atoms with Crippen molar-refractivity contribution in [3.63, 3.8) is 0 Å². The number of aromatic carboxylic acids is 1. The summed E-state index contributed by atoms with van der Waals surface area (Å²) in [5.41, 5.74) is -0.108. The molecule has 9 heteroatoms. The number of rotatable bonds is 6. The zero-order valence-corrected chi connectivity index (χ0v) is 12.1. The van der Waals surface area contributed by atoms with Gasteiger partial charge in [0.2, 0.25) is 5.91 Å². The lowest BCUT2D eigenvalue weighted by Gasteiger charge is -2.16. The van der Waals surface area contributed by atoms with Gasteiger partial charge in [0.25, 0.3) is 10.0 Å². The quantitative estimate of drug-likeness (QED) is 0.743. The number of likely N-dealkylation sites (N-methyl/N-ethyl adjacent to an activating group) is 1. The van der Waals surface area contributed by atoms with E-state index >= 15 is 0 Å². The molecule has 1 aromatic heterocycles. The number of nitrogens with zero attached hydrogens (tertiary/aromatic N) is 2. The van der Waals surface area contributed by atoms with Crippen LogP contribution in [0.15, 0.2) is 23.4 Å². The van der Waals surface area contributed by atoms with Crippen LogP contribution in [-0.4, -0.2) is 54.3 Å². The molecule has 0 spiro atoms. The Kier molecular flexibility index (Phi) is 4.24. The molecule has 0 radical (unpaired) electrons. The van der Waals surface area contributed by atoms with Crippen LogP contribution >= 0.6 is 0 Å². The minimum absolute atomic E-state index is 0.108. The van der Waals surface area contributed by atoms with E-state index in [9.17, 15) is 18.0 Å². The summed E-state index contributed by atoms with van der Waals surface area (Å²) in [5, 5.41) is 11.1. The molecule has 0 bridgehead atoms. The summed E-state index contributed by atoms with van der Waals surface area (Å²) < 4.78 is 25.3. The average Bonchev–Trinajstić information content (AvgIpc) is 3.22. The van der Waals surface area contributed by atoms with Crippen molar-refractivity contribution in [2.75, 3.05) is 13.6 Å². The molecule has 2 N–H and O–H groups in total. The van der Waals surface area contributed by atoms with Gasteiger partial charge >= 0.3 is 5.97 Å². The normalized spacial score (nSPS) is 15.0. The Morgan fingerprint density at radius 2 is 2.10 bits per heavy atom. The molecule has 1 aliphatic carbocycles. The highest BCUT2D eigenvalue weighted by molar-refractivity contribution is 7.89. The van der Waals surface area contributed by atoms with Crippen LogP contribution in [0.3, 0.4) is 0 Å². The third-order valence-corrected chi connectivity index (χ3v) is 4.69. The molecule has 1 amide bonds. The van der Waals surface area contributed by atoms with Crippen molar-refractivity contribution in [1.29, 1.82) is 0 Å². The van der Waals surface area contributed by atoms with E-state index in [1.165, 1.54) is 7.05 Å². The van der Waals surface area contributed by atoms with E-state index in [2.05, 4.69) is 10.3 Å². The van der Waals surface area contributed by atoms with E-state index in [-0.39, 0.29) is 29.1 Å². The molecule has 1 heterocycles. The van der Waals surface area contributed by atoms with Crippen LogP contribution in [0.1, 0.15) is 23.2 Å². The Morgan fingerprint density at radius 1 is 1.43 bits per heavy atom. The van der Waals surface area contributed by atoms with Gasteiger partial charge in [0, 0.05) is 19.3 Å². The van der Waals surface area contributed by atoms with E-state index in [4.69, 9.17) is 5.11 Å². The lowest BCUT2D eigenvalue weighted by Crippen LogP contribution is -2.39. The molecule has 0 atom stereocenters. The highest BCUT2D eigenvalue weighted by Gasteiger charge is 2.28. The molecule has 1 saturated carbocycles. The Hall–Kier alpha value is -2.00. The first kappa shape index (κ1) is 15.4. The van der Waals surface area contributed by atoms with Crippen molar-refractivity contribution in [2.24, 2.45) is 0 Å². The fraction of sp³-hybridized carbons (Fsp3) is 0.417. The lowest BCUT2D eigenvalue weighted by atomic mass is 10.3. The Morgan fingerprint density at radius 3 is 2.57 bits per heavy atom. The molecule has 0 aromatic carbocycles.